The number of carbonyl (C=O) groups is 1. The zero-order valence-corrected chi connectivity index (χ0v) is 9.59. The maximum absolute atomic E-state index is 11.9. The predicted octanol–water partition coefficient (Wildman–Crippen LogP) is 2.19. The molecule has 0 aliphatic heterocycles. The van der Waals surface area contributed by atoms with Crippen LogP contribution in [0.1, 0.15) is 23.2 Å². The summed E-state index contributed by atoms with van der Waals surface area (Å²) >= 11 is 1.40. The summed E-state index contributed by atoms with van der Waals surface area (Å²) in [6, 6.07) is 9.84. The summed E-state index contributed by atoms with van der Waals surface area (Å²) in [5.41, 5.74) is 0.676. The number of rotatable bonds is 4. The van der Waals surface area contributed by atoms with E-state index in [0.29, 0.717) is 17.4 Å². The molecule has 0 aromatic heterocycles. The molecule has 1 fully saturated rings. The van der Waals surface area contributed by atoms with Crippen molar-refractivity contribution < 1.29 is 4.79 Å². The van der Waals surface area contributed by atoms with Crippen LogP contribution in [0, 0.1) is 11.3 Å². The van der Waals surface area contributed by atoms with Gasteiger partial charge in [0.25, 0.3) is 5.91 Å². The molecule has 1 N–H and O–H groups in total. The van der Waals surface area contributed by atoms with Crippen LogP contribution >= 0.6 is 11.8 Å². The molecule has 1 amide bonds. The molecule has 16 heavy (non-hydrogen) atoms. The molecule has 0 atom stereocenters. The van der Waals surface area contributed by atoms with Crippen molar-refractivity contribution in [2.45, 2.75) is 23.8 Å². The van der Waals surface area contributed by atoms with Crippen molar-refractivity contribution in [1.82, 2.24) is 5.32 Å². The summed E-state index contributed by atoms with van der Waals surface area (Å²) in [6.07, 6.45) is 2.17. The number of nitrogens with zero attached hydrogens (tertiary/aromatic N) is 1. The van der Waals surface area contributed by atoms with Crippen molar-refractivity contribution in [3.63, 3.8) is 0 Å². The third-order valence-corrected chi connectivity index (χ3v) is 3.28. The zero-order chi connectivity index (χ0) is 11.4. The fraction of sp³-hybridized carbons (Fsp3) is 0.333. The highest BCUT2D eigenvalue weighted by Crippen LogP contribution is 2.24. The minimum atomic E-state index is -0.0245. The Kier molecular flexibility index (Phi) is 3.47. The average Bonchev–Trinajstić information content (AvgIpc) is 3.10. The Hall–Kier alpha value is -1.47. The van der Waals surface area contributed by atoms with Gasteiger partial charge in [-0.1, -0.05) is 12.1 Å². The lowest BCUT2D eigenvalue weighted by Crippen LogP contribution is -2.25. The highest BCUT2D eigenvalue weighted by molar-refractivity contribution is 7.99. The third-order valence-electron chi connectivity index (χ3n) is 2.34. The van der Waals surface area contributed by atoms with Crippen LogP contribution in [0.25, 0.3) is 0 Å². The van der Waals surface area contributed by atoms with Gasteiger partial charge < -0.3 is 5.32 Å². The number of amides is 1. The van der Waals surface area contributed by atoms with Gasteiger partial charge in [0, 0.05) is 10.9 Å². The van der Waals surface area contributed by atoms with Gasteiger partial charge in [-0.25, -0.2) is 0 Å². The highest BCUT2D eigenvalue weighted by atomic mass is 32.2. The lowest BCUT2D eigenvalue weighted by atomic mass is 10.2. The lowest BCUT2D eigenvalue weighted by Gasteiger charge is -2.07. The molecule has 0 spiro atoms. The second kappa shape index (κ2) is 5.04. The molecular weight excluding hydrogens is 220 g/mol. The Balaban J connectivity index is 2.11. The number of carbonyl (C=O) groups excluding carboxylic acids is 1. The lowest BCUT2D eigenvalue weighted by molar-refractivity contribution is 0.0948. The Morgan fingerprint density at radius 2 is 2.25 bits per heavy atom. The van der Waals surface area contributed by atoms with Crippen molar-refractivity contribution in [2.24, 2.45) is 0 Å². The van der Waals surface area contributed by atoms with E-state index in [2.05, 4.69) is 11.4 Å². The number of hydrogen-bond donors (Lipinski definition) is 1. The first-order valence-corrected chi connectivity index (χ1v) is 6.19. The molecule has 0 heterocycles. The molecule has 1 aliphatic rings. The van der Waals surface area contributed by atoms with E-state index in [1.54, 1.807) is 6.07 Å². The Morgan fingerprint density at radius 1 is 1.50 bits per heavy atom. The first-order valence-electron chi connectivity index (χ1n) is 5.21. The quantitative estimate of drug-likeness (QED) is 0.810. The van der Waals surface area contributed by atoms with Crippen molar-refractivity contribution in [1.29, 1.82) is 5.26 Å². The summed E-state index contributed by atoms with van der Waals surface area (Å²) in [5.74, 6) is 0.344. The van der Waals surface area contributed by atoms with E-state index >= 15 is 0 Å². The normalized spacial score (nSPS) is 14.2. The van der Waals surface area contributed by atoms with Crippen LogP contribution in [0.15, 0.2) is 29.2 Å². The van der Waals surface area contributed by atoms with Crippen LogP contribution in [0.5, 0.6) is 0 Å². The fourth-order valence-electron chi connectivity index (χ4n) is 1.38. The van der Waals surface area contributed by atoms with Crippen LogP contribution in [0.2, 0.25) is 0 Å². The van der Waals surface area contributed by atoms with E-state index in [4.69, 9.17) is 5.26 Å². The number of nitriles is 1. The molecule has 0 radical (unpaired) electrons. The van der Waals surface area contributed by atoms with E-state index in [0.717, 1.165) is 17.7 Å². The molecule has 0 saturated heterocycles. The van der Waals surface area contributed by atoms with E-state index in [9.17, 15) is 4.79 Å². The minimum absolute atomic E-state index is 0.0245. The van der Waals surface area contributed by atoms with Gasteiger partial charge in [-0.2, -0.15) is 5.26 Å². The van der Waals surface area contributed by atoms with E-state index in [1.807, 2.05) is 18.2 Å². The van der Waals surface area contributed by atoms with Crippen molar-refractivity contribution in [2.75, 3.05) is 5.75 Å². The van der Waals surface area contributed by atoms with Gasteiger partial charge in [-0.15, -0.1) is 11.8 Å². The molecular formula is C12H12N2OS. The monoisotopic (exact) mass is 232 g/mol. The van der Waals surface area contributed by atoms with Gasteiger partial charge in [0.2, 0.25) is 0 Å². The first kappa shape index (κ1) is 11.0. The first-order chi connectivity index (χ1) is 7.81. The maximum atomic E-state index is 11.9. The minimum Gasteiger partial charge on any atom is -0.349 e. The van der Waals surface area contributed by atoms with Gasteiger partial charge in [0.05, 0.1) is 17.4 Å². The Morgan fingerprint density at radius 3 is 2.94 bits per heavy atom. The second-order valence-corrected chi connectivity index (χ2v) is 4.71. The van der Waals surface area contributed by atoms with Crippen molar-refractivity contribution in [3.05, 3.63) is 29.8 Å². The topological polar surface area (TPSA) is 52.9 Å². The van der Waals surface area contributed by atoms with Gasteiger partial charge in [-0.3, -0.25) is 4.79 Å². The van der Waals surface area contributed by atoms with Gasteiger partial charge in [0.1, 0.15) is 0 Å². The van der Waals surface area contributed by atoms with Gasteiger partial charge in [-0.05, 0) is 25.0 Å². The average molecular weight is 232 g/mol. The van der Waals surface area contributed by atoms with Gasteiger partial charge >= 0.3 is 0 Å². The molecule has 0 bridgehead atoms. The summed E-state index contributed by atoms with van der Waals surface area (Å²) in [4.78, 5) is 12.7. The summed E-state index contributed by atoms with van der Waals surface area (Å²) in [7, 11) is 0. The SMILES string of the molecule is N#CCSc1ccccc1C(=O)NC1CC1. The van der Waals surface area contributed by atoms with Crippen LogP contribution in [0.3, 0.4) is 0 Å². The zero-order valence-electron chi connectivity index (χ0n) is 8.77. The summed E-state index contributed by atoms with van der Waals surface area (Å²) < 4.78 is 0. The highest BCUT2D eigenvalue weighted by Gasteiger charge is 2.24. The van der Waals surface area contributed by atoms with Crippen LogP contribution in [-0.2, 0) is 0 Å². The smallest absolute Gasteiger partial charge is 0.252 e. The number of hydrogen-bond acceptors (Lipinski definition) is 3. The molecule has 0 unspecified atom stereocenters. The predicted molar refractivity (Wildman–Crippen MR) is 63.3 cm³/mol. The Bertz CT molecular complexity index is 435. The van der Waals surface area contributed by atoms with Gasteiger partial charge in [0.15, 0.2) is 0 Å². The third kappa shape index (κ3) is 2.77. The standard InChI is InChI=1S/C12H12N2OS/c13-7-8-16-11-4-2-1-3-10(11)12(15)14-9-5-6-9/h1-4,9H,5-6,8H2,(H,14,15). The molecule has 3 nitrogen and oxygen atoms in total. The number of nitrogens with one attached hydrogen (secondary N) is 1. The number of benzene rings is 1. The number of thioether (sulfide) groups is 1. The van der Waals surface area contributed by atoms with Crippen molar-refractivity contribution in [3.8, 4) is 6.07 Å². The molecule has 1 saturated carbocycles. The van der Waals surface area contributed by atoms with Crippen LogP contribution in [0.4, 0.5) is 0 Å². The molecule has 1 aliphatic carbocycles. The molecule has 1 aromatic carbocycles. The molecule has 4 heteroatoms. The summed E-state index contributed by atoms with van der Waals surface area (Å²) in [5, 5.41) is 11.5. The van der Waals surface area contributed by atoms with E-state index in [-0.39, 0.29) is 5.91 Å². The van der Waals surface area contributed by atoms with Crippen LogP contribution in [-0.4, -0.2) is 17.7 Å². The molecule has 1 aromatic rings. The van der Waals surface area contributed by atoms with Crippen LogP contribution < -0.4 is 5.32 Å². The second-order valence-electron chi connectivity index (χ2n) is 3.69. The van der Waals surface area contributed by atoms with E-state index < -0.39 is 0 Å². The summed E-state index contributed by atoms with van der Waals surface area (Å²) in [6.45, 7) is 0. The fourth-order valence-corrected chi connectivity index (χ4v) is 2.09. The van der Waals surface area contributed by atoms with Crippen molar-refractivity contribution >= 4 is 17.7 Å². The largest absolute Gasteiger partial charge is 0.349 e. The molecule has 82 valence electrons. The van der Waals surface area contributed by atoms with E-state index in [1.165, 1.54) is 11.8 Å². The molecule has 2 rings (SSSR count). The Labute approximate surface area is 98.8 Å². The maximum Gasteiger partial charge on any atom is 0.252 e.